The van der Waals surface area contributed by atoms with Crippen LogP contribution in [0.2, 0.25) is 0 Å². The lowest BCUT2D eigenvalue weighted by atomic mass is 10.0. The predicted octanol–water partition coefficient (Wildman–Crippen LogP) is 26.0. The zero-order valence-corrected chi connectivity index (χ0v) is 56.1. The van der Waals surface area contributed by atoms with Crippen LogP contribution in [0.3, 0.4) is 0 Å². The van der Waals surface area contributed by atoms with Crippen LogP contribution in [0.5, 0.6) is 0 Å². The molecule has 0 amide bonds. The van der Waals surface area contributed by atoms with Gasteiger partial charge in [-0.2, -0.15) is 0 Å². The van der Waals surface area contributed by atoms with Gasteiger partial charge in [-0.1, -0.05) is 386 Å². The van der Waals surface area contributed by atoms with Crippen molar-refractivity contribution < 1.29 is 28.6 Å². The predicted molar refractivity (Wildman–Crippen MR) is 358 cm³/mol. The second kappa shape index (κ2) is 71.6. The Balaban J connectivity index is 4.08. The van der Waals surface area contributed by atoms with Crippen LogP contribution in [0.4, 0.5) is 0 Å². The maximum Gasteiger partial charge on any atom is 0.306 e. The van der Waals surface area contributed by atoms with E-state index in [9.17, 15) is 14.4 Å². The van der Waals surface area contributed by atoms with Gasteiger partial charge >= 0.3 is 17.9 Å². The van der Waals surface area contributed by atoms with Crippen LogP contribution in [-0.4, -0.2) is 37.2 Å². The molecule has 0 heterocycles. The Morgan fingerprint density at radius 2 is 0.402 bits per heavy atom. The summed E-state index contributed by atoms with van der Waals surface area (Å²) in [5.74, 6) is -0.826. The molecule has 486 valence electrons. The van der Waals surface area contributed by atoms with E-state index in [1.54, 1.807) is 0 Å². The molecule has 0 spiro atoms. The molecule has 1 atom stereocenters. The second-order valence-corrected chi connectivity index (χ2v) is 25.9. The van der Waals surface area contributed by atoms with Crippen molar-refractivity contribution in [1.29, 1.82) is 0 Å². The Morgan fingerprint density at radius 3 is 0.610 bits per heavy atom. The molecule has 0 aliphatic heterocycles. The van der Waals surface area contributed by atoms with Crippen LogP contribution < -0.4 is 0 Å². The molecule has 6 nitrogen and oxygen atoms in total. The quantitative estimate of drug-likeness (QED) is 0.0261. The highest BCUT2D eigenvalue weighted by Crippen LogP contribution is 2.20. The Bertz CT molecular complexity index is 1280. The minimum absolute atomic E-state index is 0.0622. The van der Waals surface area contributed by atoms with Gasteiger partial charge in [0.25, 0.3) is 0 Å². The van der Waals surface area contributed by atoms with Gasteiger partial charge in [-0.15, -0.1) is 0 Å². The lowest BCUT2D eigenvalue weighted by molar-refractivity contribution is -0.167. The van der Waals surface area contributed by atoms with Gasteiger partial charge in [0.2, 0.25) is 0 Å². The van der Waals surface area contributed by atoms with Crippen LogP contribution in [0.15, 0.2) is 12.2 Å². The maximum absolute atomic E-state index is 13.0. The molecule has 0 aromatic carbocycles. The Morgan fingerprint density at radius 1 is 0.232 bits per heavy atom. The molecular weight excluding hydrogens is 1010 g/mol. The minimum Gasteiger partial charge on any atom is -0.462 e. The van der Waals surface area contributed by atoms with Gasteiger partial charge in [0.05, 0.1) is 0 Å². The fourth-order valence-electron chi connectivity index (χ4n) is 11.9. The molecule has 0 saturated heterocycles. The van der Waals surface area contributed by atoms with Crippen LogP contribution in [-0.2, 0) is 28.6 Å². The van der Waals surface area contributed by atoms with Gasteiger partial charge in [-0.3, -0.25) is 14.4 Å². The molecule has 0 saturated carbocycles. The summed E-state index contributed by atoms with van der Waals surface area (Å²) < 4.78 is 17.0. The van der Waals surface area contributed by atoms with E-state index in [4.69, 9.17) is 14.2 Å². The third-order valence-electron chi connectivity index (χ3n) is 17.5. The molecule has 0 aromatic rings. The molecule has 0 rings (SSSR count). The second-order valence-electron chi connectivity index (χ2n) is 25.9. The van der Waals surface area contributed by atoms with E-state index in [0.29, 0.717) is 19.3 Å². The summed E-state index contributed by atoms with van der Waals surface area (Å²) in [5, 5.41) is 0. The summed E-state index contributed by atoms with van der Waals surface area (Å²) >= 11 is 0. The van der Waals surface area contributed by atoms with Crippen molar-refractivity contribution >= 4 is 17.9 Å². The zero-order chi connectivity index (χ0) is 59.2. The highest BCUT2D eigenvalue weighted by atomic mass is 16.6. The van der Waals surface area contributed by atoms with Crippen molar-refractivity contribution in [3.63, 3.8) is 0 Å². The number of rotatable bonds is 71. The van der Waals surface area contributed by atoms with E-state index in [2.05, 4.69) is 32.9 Å². The lowest BCUT2D eigenvalue weighted by Crippen LogP contribution is -2.30. The molecule has 0 aromatic heterocycles. The molecule has 0 aliphatic rings. The summed E-state index contributed by atoms with van der Waals surface area (Å²) in [7, 11) is 0. The summed E-state index contributed by atoms with van der Waals surface area (Å²) in [6.07, 6.45) is 87.1. The van der Waals surface area contributed by atoms with Gasteiger partial charge < -0.3 is 14.2 Å². The molecule has 6 heteroatoms. The first-order valence-corrected chi connectivity index (χ1v) is 37.7. The number of ether oxygens (including phenoxy) is 3. The highest BCUT2D eigenvalue weighted by molar-refractivity contribution is 5.71. The number of allylic oxidation sites excluding steroid dienone is 2. The average Bonchev–Trinajstić information content (AvgIpc) is 3.48. The molecule has 0 N–H and O–H groups in total. The Labute approximate surface area is 513 Å². The Kier molecular flexibility index (Phi) is 70.0. The first-order valence-electron chi connectivity index (χ1n) is 37.7. The fraction of sp³-hybridized carbons (Fsp3) is 0.934. The monoisotopic (exact) mass is 1160 g/mol. The number of hydrogen-bond acceptors (Lipinski definition) is 6. The minimum atomic E-state index is -0.765. The third-order valence-corrected chi connectivity index (χ3v) is 17.5. The van der Waals surface area contributed by atoms with Gasteiger partial charge in [-0.25, -0.2) is 0 Å². The van der Waals surface area contributed by atoms with E-state index in [-0.39, 0.29) is 31.1 Å². The largest absolute Gasteiger partial charge is 0.462 e. The smallest absolute Gasteiger partial charge is 0.306 e. The van der Waals surface area contributed by atoms with Crippen LogP contribution in [0, 0.1) is 0 Å². The van der Waals surface area contributed by atoms with Crippen molar-refractivity contribution in [2.45, 2.75) is 444 Å². The van der Waals surface area contributed by atoms with Crippen LogP contribution in [0.1, 0.15) is 438 Å². The Hall–Kier alpha value is -1.85. The third kappa shape index (κ3) is 68.9. The summed E-state index contributed by atoms with van der Waals surface area (Å²) in [6.45, 7) is 6.72. The molecule has 1 unspecified atom stereocenters. The summed E-state index contributed by atoms with van der Waals surface area (Å²) in [6, 6.07) is 0. The first-order chi connectivity index (χ1) is 40.5. The van der Waals surface area contributed by atoms with E-state index in [1.807, 2.05) is 0 Å². The van der Waals surface area contributed by atoms with Crippen molar-refractivity contribution in [2.75, 3.05) is 13.2 Å². The van der Waals surface area contributed by atoms with E-state index < -0.39 is 6.10 Å². The van der Waals surface area contributed by atoms with Crippen molar-refractivity contribution in [3.8, 4) is 0 Å². The van der Waals surface area contributed by atoms with Crippen molar-refractivity contribution in [3.05, 3.63) is 12.2 Å². The molecule has 0 radical (unpaired) electrons. The molecule has 0 bridgehead atoms. The number of carbonyl (C=O) groups excluding carboxylic acids is 3. The van der Waals surface area contributed by atoms with Crippen molar-refractivity contribution in [2.24, 2.45) is 0 Å². The number of unbranched alkanes of at least 4 members (excludes halogenated alkanes) is 58. The highest BCUT2D eigenvalue weighted by Gasteiger charge is 2.20. The fourth-order valence-corrected chi connectivity index (χ4v) is 11.9. The maximum atomic E-state index is 13.0. The average molecular weight is 1160 g/mol. The zero-order valence-electron chi connectivity index (χ0n) is 56.1. The van der Waals surface area contributed by atoms with Crippen LogP contribution in [0.25, 0.3) is 0 Å². The molecule has 0 aliphatic carbocycles. The number of hydrogen-bond donors (Lipinski definition) is 0. The van der Waals surface area contributed by atoms with Gasteiger partial charge in [0, 0.05) is 19.3 Å². The summed E-state index contributed by atoms with van der Waals surface area (Å²) in [5.41, 5.74) is 0. The SMILES string of the molecule is CCCCCCCCCC/C=C\CCCCCCCCCCCCCCCCCCCC(=O)OCC(COC(=O)CCCCCCCCCCCC)OC(=O)CCCCCCCCCCCCCCCCCCCCCCCCCCC. The molecule has 82 heavy (non-hydrogen) atoms. The summed E-state index contributed by atoms with van der Waals surface area (Å²) in [4.78, 5) is 38.4. The molecular formula is C76H146O6. The van der Waals surface area contributed by atoms with Gasteiger partial charge in [-0.05, 0) is 44.9 Å². The van der Waals surface area contributed by atoms with Crippen LogP contribution >= 0.6 is 0 Å². The molecule has 0 fully saturated rings. The van der Waals surface area contributed by atoms with Crippen molar-refractivity contribution in [1.82, 2.24) is 0 Å². The standard InChI is InChI=1S/C76H146O6/c1-4-7-10-13-16-19-22-24-26-28-30-32-34-36-37-38-39-41-42-44-46-48-50-52-54-57-60-63-66-69-75(78)81-72-73(71-80-74(77)68-65-62-59-56-21-18-15-12-9-6-3)82-76(79)70-67-64-61-58-55-53-51-49-47-45-43-40-35-33-31-29-27-25-23-20-17-14-11-8-5-2/h28,30,73H,4-27,29,31-72H2,1-3H3/b30-28-. The van der Waals surface area contributed by atoms with E-state index in [1.165, 1.54) is 340 Å². The number of esters is 3. The van der Waals surface area contributed by atoms with E-state index >= 15 is 0 Å². The normalized spacial score (nSPS) is 12.0. The number of carbonyl (C=O) groups is 3. The lowest BCUT2D eigenvalue weighted by Gasteiger charge is -2.18. The van der Waals surface area contributed by atoms with Gasteiger partial charge in [0.1, 0.15) is 13.2 Å². The first kappa shape index (κ1) is 80.2. The van der Waals surface area contributed by atoms with Gasteiger partial charge in [0.15, 0.2) is 6.10 Å². The van der Waals surface area contributed by atoms with E-state index in [0.717, 1.165) is 57.8 Å². The topological polar surface area (TPSA) is 78.9 Å².